The number of rotatable bonds is 6. The second-order valence-electron chi connectivity index (χ2n) is 5.79. The highest BCUT2D eigenvalue weighted by molar-refractivity contribution is 5.57. The van der Waals surface area contributed by atoms with E-state index in [2.05, 4.69) is 48.3 Å². The molecule has 3 atom stereocenters. The minimum Gasteiger partial charge on any atom is -0.370 e. The molecule has 0 bridgehead atoms. The number of aromatic nitrogens is 2. The Morgan fingerprint density at radius 2 is 1.90 bits per heavy atom. The van der Waals surface area contributed by atoms with Gasteiger partial charge in [0.25, 0.3) is 0 Å². The number of anilines is 2. The summed E-state index contributed by atoms with van der Waals surface area (Å²) in [7, 11) is 0. The molecular weight excluding hydrogens is 248 g/mol. The molecule has 0 aliphatic heterocycles. The summed E-state index contributed by atoms with van der Waals surface area (Å²) in [5.74, 6) is 3.58. The summed E-state index contributed by atoms with van der Waals surface area (Å²) in [5.41, 5.74) is 1.21. The fraction of sp³-hybridized carbons (Fsp3) is 0.750. The maximum absolute atomic E-state index is 4.48. The van der Waals surface area contributed by atoms with Gasteiger partial charge in [-0.2, -0.15) is 0 Å². The van der Waals surface area contributed by atoms with Gasteiger partial charge in [0.05, 0.1) is 0 Å². The van der Waals surface area contributed by atoms with Gasteiger partial charge in [0.1, 0.15) is 18.0 Å². The van der Waals surface area contributed by atoms with E-state index in [1.807, 2.05) is 0 Å². The van der Waals surface area contributed by atoms with Crippen LogP contribution in [0.15, 0.2) is 6.33 Å². The monoisotopic (exact) mass is 276 g/mol. The highest BCUT2D eigenvalue weighted by Gasteiger charge is 2.32. The Bertz CT molecular complexity index is 432. The zero-order chi connectivity index (χ0) is 14.5. The van der Waals surface area contributed by atoms with Crippen molar-refractivity contribution in [2.45, 2.75) is 59.4 Å². The molecule has 1 fully saturated rings. The van der Waals surface area contributed by atoms with Gasteiger partial charge < -0.3 is 10.6 Å². The first-order chi connectivity index (χ1) is 9.71. The molecule has 1 saturated carbocycles. The number of hydrogen-bond donors (Lipinski definition) is 2. The van der Waals surface area contributed by atoms with Crippen molar-refractivity contribution in [2.24, 2.45) is 11.8 Å². The summed E-state index contributed by atoms with van der Waals surface area (Å²) >= 11 is 0. The first kappa shape index (κ1) is 15.1. The van der Waals surface area contributed by atoms with Crippen LogP contribution in [0.5, 0.6) is 0 Å². The van der Waals surface area contributed by atoms with Crippen LogP contribution < -0.4 is 10.6 Å². The highest BCUT2D eigenvalue weighted by atomic mass is 15.1. The van der Waals surface area contributed by atoms with Gasteiger partial charge in [0, 0.05) is 18.2 Å². The van der Waals surface area contributed by atoms with E-state index in [0.717, 1.165) is 36.4 Å². The van der Waals surface area contributed by atoms with Gasteiger partial charge in [-0.25, -0.2) is 9.97 Å². The van der Waals surface area contributed by atoms with Crippen molar-refractivity contribution in [3.8, 4) is 0 Å². The van der Waals surface area contributed by atoms with Crippen molar-refractivity contribution >= 4 is 11.6 Å². The Hall–Kier alpha value is -1.32. The van der Waals surface area contributed by atoms with E-state index in [4.69, 9.17) is 0 Å². The predicted octanol–water partition coefficient (Wildman–Crippen LogP) is 3.71. The lowest BCUT2D eigenvalue weighted by Gasteiger charge is -2.23. The molecule has 0 saturated heterocycles. The molecule has 1 aliphatic carbocycles. The summed E-state index contributed by atoms with van der Waals surface area (Å²) in [6.45, 7) is 9.82. The molecule has 20 heavy (non-hydrogen) atoms. The molecule has 1 aliphatic rings. The van der Waals surface area contributed by atoms with Crippen LogP contribution in [0.2, 0.25) is 0 Å². The van der Waals surface area contributed by atoms with Gasteiger partial charge in [0.15, 0.2) is 0 Å². The van der Waals surface area contributed by atoms with Crippen molar-refractivity contribution in [1.82, 2.24) is 9.97 Å². The molecule has 1 aromatic rings. The normalized spacial score (nSPS) is 25.7. The van der Waals surface area contributed by atoms with Crippen LogP contribution in [-0.4, -0.2) is 22.6 Å². The second kappa shape index (κ2) is 6.91. The first-order valence-corrected chi connectivity index (χ1v) is 8.05. The Kier molecular flexibility index (Phi) is 5.21. The average Bonchev–Trinajstić information content (AvgIpc) is 2.80. The van der Waals surface area contributed by atoms with Gasteiger partial charge in [-0.1, -0.05) is 27.2 Å². The molecule has 4 heteroatoms. The molecule has 2 N–H and O–H groups in total. The number of nitrogens with one attached hydrogen (secondary N) is 2. The summed E-state index contributed by atoms with van der Waals surface area (Å²) in [6, 6.07) is 0.551. The first-order valence-electron chi connectivity index (χ1n) is 8.05. The minimum absolute atomic E-state index is 0.551. The zero-order valence-corrected chi connectivity index (χ0v) is 13.2. The Balaban J connectivity index is 2.15. The number of hydrogen-bond acceptors (Lipinski definition) is 4. The topological polar surface area (TPSA) is 49.8 Å². The van der Waals surface area contributed by atoms with E-state index < -0.39 is 0 Å². The zero-order valence-electron chi connectivity index (χ0n) is 13.2. The maximum Gasteiger partial charge on any atom is 0.134 e. The van der Waals surface area contributed by atoms with Crippen LogP contribution in [0.3, 0.4) is 0 Å². The predicted molar refractivity (Wildman–Crippen MR) is 85.2 cm³/mol. The largest absolute Gasteiger partial charge is 0.370 e. The van der Waals surface area contributed by atoms with Crippen molar-refractivity contribution in [3.63, 3.8) is 0 Å². The lowest BCUT2D eigenvalue weighted by molar-refractivity contribution is 0.391. The number of nitrogens with zero attached hydrogens (tertiary/aromatic N) is 2. The van der Waals surface area contributed by atoms with Crippen molar-refractivity contribution < 1.29 is 0 Å². The van der Waals surface area contributed by atoms with Crippen LogP contribution in [0, 0.1) is 11.8 Å². The van der Waals surface area contributed by atoms with Crippen molar-refractivity contribution in [3.05, 3.63) is 11.9 Å². The van der Waals surface area contributed by atoms with Crippen LogP contribution in [-0.2, 0) is 6.42 Å². The molecule has 0 amide bonds. The van der Waals surface area contributed by atoms with Crippen LogP contribution in [0.25, 0.3) is 0 Å². The molecule has 112 valence electrons. The standard InChI is InChI=1S/C16H28N4/c1-5-12-8-9-14(11(12)4)20-16-13(6-2)15(17-7-3)18-10-19-16/h10-12,14H,5-9H2,1-4H3,(H2,17,18,19,20). The minimum atomic E-state index is 0.551. The van der Waals surface area contributed by atoms with E-state index in [-0.39, 0.29) is 0 Å². The fourth-order valence-corrected chi connectivity index (χ4v) is 3.39. The molecule has 2 rings (SSSR count). The average molecular weight is 276 g/mol. The fourth-order valence-electron chi connectivity index (χ4n) is 3.39. The Morgan fingerprint density at radius 3 is 2.50 bits per heavy atom. The summed E-state index contributed by atoms with van der Waals surface area (Å²) < 4.78 is 0. The Labute approximate surface area is 122 Å². The summed E-state index contributed by atoms with van der Waals surface area (Å²) in [5, 5.41) is 7.01. The van der Waals surface area contributed by atoms with Gasteiger partial charge in [-0.3, -0.25) is 0 Å². The van der Waals surface area contributed by atoms with E-state index in [9.17, 15) is 0 Å². The van der Waals surface area contributed by atoms with E-state index in [1.54, 1.807) is 6.33 Å². The van der Waals surface area contributed by atoms with Crippen LogP contribution in [0.1, 0.15) is 52.5 Å². The molecule has 0 aromatic carbocycles. The maximum atomic E-state index is 4.48. The molecular formula is C16H28N4. The van der Waals surface area contributed by atoms with Gasteiger partial charge in [-0.05, 0) is 38.0 Å². The summed E-state index contributed by atoms with van der Waals surface area (Å²) in [4.78, 5) is 8.84. The van der Waals surface area contributed by atoms with E-state index in [1.165, 1.54) is 24.8 Å². The quantitative estimate of drug-likeness (QED) is 0.831. The smallest absolute Gasteiger partial charge is 0.134 e. The van der Waals surface area contributed by atoms with Crippen molar-refractivity contribution in [2.75, 3.05) is 17.2 Å². The molecule has 4 nitrogen and oxygen atoms in total. The van der Waals surface area contributed by atoms with E-state index in [0.29, 0.717) is 6.04 Å². The van der Waals surface area contributed by atoms with Gasteiger partial charge in [-0.15, -0.1) is 0 Å². The van der Waals surface area contributed by atoms with Crippen molar-refractivity contribution in [1.29, 1.82) is 0 Å². The molecule has 0 radical (unpaired) electrons. The van der Waals surface area contributed by atoms with Gasteiger partial charge in [0.2, 0.25) is 0 Å². The van der Waals surface area contributed by atoms with Gasteiger partial charge >= 0.3 is 0 Å². The van der Waals surface area contributed by atoms with E-state index >= 15 is 0 Å². The molecule has 0 spiro atoms. The second-order valence-corrected chi connectivity index (χ2v) is 5.79. The lowest BCUT2D eigenvalue weighted by Crippen LogP contribution is -2.26. The van der Waals surface area contributed by atoms with Crippen LogP contribution in [0.4, 0.5) is 11.6 Å². The SMILES string of the molecule is CCNc1ncnc(NC2CCC(CC)C2C)c1CC. The molecule has 1 heterocycles. The lowest BCUT2D eigenvalue weighted by atomic mass is 9.93. The molecule has 1 aromatic heterocycles. The highest BCUT2D eigenvalue weighted by Crippen LogP contribution is 2.36. The Morgan fingerprint density at radius 1 is 1.15 bits per heavy atom. The third-order valence-electron chi connectivity index (χ3n) is 4.72. The van der Waals surface area contributed by atoms with Crippen LogP contribution >= 0.6 is 0 Å². The third-order valence-corrected chi connectivity index (χ3v) is 4.72. The third kappa shape index (κ3) is 3.05. The molecule has 3 unspecified atom stereocenters. The summed E-state index contributed by atoms with van der Waals surface area (Å²) in [6.07, 6.45) is 6.48.